The second-order valence-corrected chi connectivity index (χ2v) is 5.21. The predicted molar refractivity (Wildman–Crippen MR) is 79.3 cm³/mol. The van der Waals surface area contributed by atoms with Gasteiger partial charge in [-0.05, 0) is 6.07 Å². The summed E-state index contributed by atoms with van der Waals surface area (Å²) < 4.78 is 0. The summed E-state index contributed by atoms with van der Waals surface area (Å²) in [7, 11) is 0. The largest absolute Gasteiger partial charge is 0.465 e. The molecule has 1 N–H and O–H groups in total. The van der Waals surface area contributed by atoms with Crippen molar-refractivity contribution in [3.8, 4) is 0 Å². The molecule has 6 heteroatoms. The molecule has 0 aliphatic carbocycles. The third-order valence-electron chi connectivity index (χ3n) is 3.83. The van der Waals surface area contributed by atoms with Crippen LogP contribution < -0.4 is 0 Å². The van der Waals surface area contributed by atoms with Gasteiger partial charge in [-0.3, -0.25) is 4.90 Å². The standard InChI is InChI=1S/C15H18N4O2/c20-15(21)19-9-7-18(8-10-19)6-5-14-16-11-12-3-1-2-4-13(12)17-14/h1-4,11H,5-10H2,(H,20,21). The first-order valence-electron chi connectivity index (χ1n) is 7.13. The fraction of sp³-hybridized carbons (Fsp3) is 0.400. The van der Waals surface area contributed by atoms with Crippen LogP contribution in [0.5, 0.6) is 0 Å². The zero-order valence-electron chi connectivity index (χ0n) is 11.8. The Hall–Kier alpha value is -2.21. The number of hydrogen-bond acceptors (Lipinski definition) is 4. The van der Waals surface area contributed by atoms with Crippen LogP contribution in [0.15, 0.2) is 30.5 Å². The first-order chi connectivity index (χ1) is 10.2. The third-order valence-corrected chi connectivity index (χ3v) is 3.83. The molecule has 3 rings (SSSR count). The molecule has 0 radical (unpaired) electrons. The van der Waals surface area contributed by atoms with Crippen molar-refractivity contribution in [3.63, 3.8) is 0 Å². The first kappa shape index (κ1) is 13.8. The predicted octanol–water partition coefficient (Wildman–Crippen LogP) is 1.47. The number of carbonyl (C=O) groups is 1. The van der Waals surface area contributed by atoms with Crippen molar-refractivity contribution >= 4 is 17.0 Å². The molecule has 1 amide bonds. The highest BCUT2D eigenvalue weighted by Crippen LogP contribution is 2.10. The van der Waals surface area contributed by atoms with Gasteiger partial charge in [0.25, 0.3) is 0 Å². The van der Waals surface area contributed by atoms with Crippen LogP contribution in [0.3, 0.4) is 0 Å². The van der Waals surface area contributed by atoms with E-state index >= 15 is 0 Å². The molecule has 0 saturated carbocycles. The lowest BCUT2D eigenvalue weighted by Crippen LogP contribution is -2.48. The van der Waals surface area contributed by atoms with Gasteiger partial charge in [0.2, 0.25) is 0 Å². The third kappa shape index (κ3) is 3.28. The molecule has 1 aliphatic rings. The lowest BCUT2D eigenvalue weighted by atomic mass is 10.2. The summed E-state index contributed by atoms with van der Waals surface area (Å²) in [6.07, 6.45) is 1.82. The average Bonchev–Trinajstić information content (AvgIpc) is 2.53. The molecule has 21 heavy (non-hydrogen) atoms. The molecule has 0 atom stereocenters. The van der Waals surface area contributed by atoms with Crippen molar-refractivity contribution in [1.29, 1.82) is 0 Å². The van der Waals surface area contributed by atoms with Crippen LogP contribution in [0.1, 0.15) is 5.82 Å². The second kappa shape index (κ2) is 6.05. The molecular formula is C15H18N4O2. The van der Waals surface area contributed by atoms with Gasteiger partial charge >= 0.3 is 6.09 Å². The van der Waals surface area contributed by atoms with E-state index < -0.39 is 6.09 Å². The minimum Gasteiger partial charge on any atom is -0.465 e. The number of benzene rings is 1. The number of rotatable bonds is 3. The Morgan fingerprint density at radius 3 is 2.71 bits per heavy atom. The maximum Gasteiger partial charge on any atom is 0.407 e. The van der Waals surface area contributed by atoms with Crippen molar-refractivity contribution in [2.24, 2.45) is 0 Å². The summed E-state index contributed by atoms with van der Waals surface area (Å²) in [5, 5.41) is 9.97. The SMILES string of the molecule is O=C(O)N1CCN(CCc2ncc3ccccc3n2)CC1. The minimum atomic E-state index is -0.826. The van der Waals surface area contributed by atoms with Gasteiger partial charge in [-0.1, -0.05) is 18.2 Å². The van der Waals surface area contributed by atoms with Crippen molar-refractivity contribution < 1.29 is 9.90 Å². The highest BCUT2D eigenvalue weighted by atomic mass is 16.4. The smallest absolute Gasteiger partial charge is 0.407 e. The van der Waals surface area contributed by atoms with E-state index in [1.54, 1.807) is 0 Å². The molecule has 1 fully saturated rings. The van der Waals surface area contributed by atoms with E-state index in [9.17, 15) is 4.79 Å². The minimum absolute atomic E-state index is 0.577. The summed E-state index contributed by atoms with van der Waals surface area (Å²) in [5.74, 6) is 0.842. The van der Waals surface area contributed by atoms with E-state index in [-0.39, 0.29) is 0 Å². The lowest BCUT2D eigenvalue weighted by molar-refractivity contribution is 0.106. The summed E-state index contributed by atoms with van der Waals surface area (Å²) in [5.41, 5.74) is 0.971. The molecule has 2 heterocycles. The van der Waals surface area contributed by atoms with Crippen molar-refractivity contribution in [1.82, 2.24) is 19.8 Å². The Morgan fingerprint density at radius 1 is 1.19 bits per heavy atom. The van der Waals surface area contributed by atoms with Gasteiger partial charge in [-0.15, -0.1) is 0 Å². The van der Waals surface area contributed by atoms with Crippen LogP contribution in [0.2, 0.25) is 0 Å². The van der Waals surface area contributed by atoms with Gasteiger partial charge in [0.1, 0.15) is 5.82 Å². The Balaban J connectivity index is 1.56. The van der Waals surface area contributed by atoms with E-state index in [0.29, 0.717) is 13.1 Å². The van der Waals surface area contributed by atoms with E-state index in [1.807, 2.05) is 30.5 Å². The van der Waals surface area contributed by atoms with Crippen molar-refractivity contribution in [3.05, 3.63) is 36.3 Å². The highest BCUT2D eigenvalue weighted by molar-refractivity contribution is 5.77. The number of carboxylic acid groups (broad SMARTS) is 1. The monoisotopic (exact) mass is 286 g/mol. The van der Waals surface area contributed by atoms with Gasteiger partial charge in [-0.2, -0.15) is 0 Å². The molecule has 2 aromatic rings. The summed E-state index contributed by atoms with van der Waals surface area (Å²) >= 11 is 0. The van der Waals surface area contributed by atoms with Gasteiger partial charge in [0.15, 0.2) is 0 Å². The molecule has 1 aliphatic heterocycles. The van der Waals surface area contributed by atoms with E-state index in [4.69, 9.17) is 5.11 Å². The summed E-state index contributed by atoms with van der Waals surface area (Å²) in [6, 6.07) is 7.95. The van der Waals surface area contributed by atoms with Crippen LogP contribution in [-0.4, -0.2) is 63.7 Å². The lowest BCUT2D eigenvalue weighted by Gasteiger charge is -2.32. The summed E-state index contributed by atoms with van der Waals surface area (Å²) in [4.78, 5) is 23.5. The van der Waals surface area contributed by atoms with E-state index in [2.05, 4.69) is 14.9 Å². The van der Waals surface area contributed by atoms with Crippen LogP contribution in [-0.2, 0) is 6.42 Å². The van der Waals surface area contributed by atoms with Gasteiger partial charge < -0.3 is 10.0 Å². The molecule has 6 nitrogen and oxygen atoms in total. The Bertz CT molecular complexity index is 638. The van der Waals surface area contributed by atoms with E-state index in [1.165, 1.54) is 4.90 Å². The average molecular weight is 286 g/mol. The van der Waals surface area contributed by atoms with Gasteiger partial charge in [0, 0.05) is 50.7 Å². The zero-order valence-corrected chi connectivity index (χ0v) is 11.8. The molecule has 0 unspecified atom stereocenters. The van der Waals surface area contributed by atoms with Crippen LogP contribution in [0.25, 0.3) is 10.9 Å². The summed E-state index contributed by atoms with van der Waals surface area (Å²) in [6.45, 7) is 3.58. The van der Waals surface area contributed by atoms with Crippen LogP contribution >= 0.6 is 0 Å². The molecular weight excluding hydrogens is 268 g/mol. The molecule has 110 valence electrons. The highest BCUT2D eigenvalue weighted by Gasteiger charge is 2.20. The maximum absolute atomic E-state index is 10.9. The zero-order chi connectivity index (χ0) is 14.7. The molecule has 0 spiro atoms. The Morgan fingerprint density at radius 2 is 1.95 bits per heavy atom. The normalized spacial score (nSPS) is 16.3. The van der Waals surface area contributed by atoms with E-state index in [0.717, 1.165) is 42.8 Å². The first-order valence-corrected chi connectivity index (χ1v) is 7.13. The number of hydrogen-bond donors (Lipinski definition) is 1. The van der Waals surface area contributed by atoms with Crippen molar-refractivity contribution in [2.75, 3.05) is 32.7 Å². The Labute approximate surface area is 123 Å². The number of nitrogens with zero attached hydrogens (tertiary/aromatic N) is 4. The molecule has 1 aromatic carbocycles. The number of para-hydroxylation sites is 1. The number of amides is 1. The maximum atomic E-state index is 10.9. The van der Waals surface area contributed by atoms with Gasteiger partial charge in [0.05, 0.1) is 5.52 Å². The van der Waals surface area contributed by atoms with Crippen LogP contribution in [0.4, 0.5) is 4.79 Å². The fourth-order valence-electron chi connectivity index (χ4n) is 2.55. The second-order valence-electron chi connectivity index (χ2n) is 5.21. The molecule has 1 aromatic heterocycles. The molecule has 1 saturated heterocycles. The molecule has 0 bridgehead atoms. The van der Waals surface area contributed by atoms with Crippen LogP contribution in [0, 0.1) is 0 Å². The number of aromatic nitrogens is 2. The van der Waals surface area contributed by atoms with Crippen molar-refractivity contribution in [2.45, 2.75) is 6.42 Å². The topological polar surface area (TPSA) is 69.6 Å². The van der Waals surface area contributed by atoms with Gasteiger partial charge in [-0.25, -0.2) is 14.8 Å². The Kier molecular flexibility index (Phi) is 3.96. The quantitative estimate of drug-likeness (QED) is 0.925. The number of fused-ring (bicyclic) bond motifs is 1. The fourth-order valence-corrected chi connectivity index (χ4v) is 2.55. The number of piperazine rings is 1.